The zero-order chi connectivity index (χ0) is 32.9. The quantitative estimate of drug-likeness (QED) is 0.109. The normalized spacial score (nSPS) is 39.5. The van der Waals surface area contributed by atoms with Gasteiger partial charge in [0.05, 0.1) is 54.1 Å². The lowest BCUT2D eigenvalue weighted by Gasteiger charge is -2.39. The Balaban J connectivity index is 1.66. The minimum atomic E-state index is -3.83. The summed E-state index contributed by atoms with van der Waals surface area (Å²) in [6.45, 7) is 14.7. The molecule has 3 aliphatic heterocycles. The van der Waals surface area contributed by atoms with Crippen LogP contribution >= 0.6 is 15.2 Å². The van der Waals surface area contributed by atoms with E-state index in [1.54, 1.807) is 0 Å². The molecule has 13 heteroatoms. The van der Waals surface area contributed by atoms with E-state index < -0.39 is 79.9 Å². The summed E-state index contributed by atoms with van der Waals surface area (Å²) in [5.41, 5.74) is 0. The van der Waals surface area contributed by atoms with Gasteiger partial charge >= 0.3 is 15.2 Å². The predicted molar refractivity (Wildman–Crippen MR) is 158 cm³/mol. The van der Waals surface area contributed by atoms with E-state index in [-0.39, 0.29) is 50.3 Å². The van der Waals surface area contributed by atoms with Crippen molar-refractivity contribution >= 4 is 23.5 Å². The molecule has 10 nitrogen and oxygen atoms in total. The van der Waals surface area contributed by atoms with Crippen LogP contribution in [0.4, 0.5) is 0 Å². The average Bonchev–Trinajstić information content (AvgIpc) is 3.55. The molecule has 0 saturated carbocycles. The Bertz CT molecular complexity index is 1070. The van der Waals surface area contributed by atoms with Crippen LogP contribution in [0.1, 0.15) is 52.4 Å². The molecule has 0 radical (unpaired) electrons. The molecule has 0 spiro atoms. The van der Waals surface area contributed by atoms with Crippen molar-refractivity contribution in [2.45, 2.75) is 102 Å². The molecule has 3 aliphatic rings. The lowest BCUT2D eigenvalue weighted by molar-refractivity contribution is -0.00758. The maximum atomic E-state index is 13.9. The fourth-order valence-electron chi connectivity index (χ4n) is 4.09. The van der Waals surface area contributed by atoms with Crippen LogP contribution in [-0.2, 0) is 45.9 Å². The standard InChI is InChI=1S/C27H50O10P2Si/c1-9-17-38(28,35-22-11-14-30-21(22)3)33-19-25-23(12-15-31-25)36-39(29,18-10-2)34-20-26-24(13-16-32-26)37-40(7,8)27(4,5)6/h9-10,21-26H,1-2,11-20H2,3-8H3/t21-,22-,23-,24-,25-,26-,38-,39-/m1/s1/i3D,14T,15T,16T/t14-,15-,16-,21+,22+,23+,24+,25+,26+,38+,39+/m0. The number of allylic oxidation sites excluding steroid dienone is 2. The fraction of sp³-hybridized carbons (Fsp3) is 0.852. The maximum absolute atomic E-state index is 13.9. The van der Waals surface area contributed by atoms with E-state index in [1.807, 2.05) is 0 Å². The van der Waals surface area contributed by atoms with Crippen molar-refractivity contribution in [3.63, 3.8) is 0 Å². The van der Waals surface area contributed by atoms with Crippen LogP contribution in [0.2, 0.25) is 18.1 Å². The molecule has 40 heavy (non-hydrogen) atoms. The number of hydrogen-bond donors (Lipinski definition) is 0. The lowest BCUT2D eigenvalue weighted by atomic mass is 10.2. The molecule has 3 heterocycles. The van der Waals surface area contributed by atoms with Gasteiger partial charge in [0.2, 0.25) is 0 Å². The van der Waals surface area contributed by atoms with Gasteiger partial charge in [0.15, 0.2) is 8.32 Å². The summed E-state index contributed by atoms with van der Waals surface area (Å²) >= 11 is 0. The van der Waals surface area contributed by atoms with Crippen molar-refractivity contribution < 1.29 is 51.3 Å². The second-order valence-electron chi connectivity index (χ2n) is 11.7. The molecular formula is C27H50O10P2Si. The Morgan fingerprint density at radius 1 is 0.900 bits per heavy atom. The van der Waals surface area contributed by atoms with Crippen LogP contribution in [-0.4, -0.2) is 90.2 Å². The molecular weight excluding hydrogens is 574 g/mol. The Labute approximate surface area is 247 Å². The first-order valence-electron chi connectivity index (χ1n) is 16.1. The molecule has 3 rings (SSSR count). The van der Waals surface area contributed by atoms with Crippen molar-refractivity contribution in [3.8, 4) is 0 Å². The Kier molecular flexibility index (Phi) is 10.4. The smallest absolute Gasteiger partial charge is 0.334 e. The third-order valence-corrected chi connectivity index (χ3v) is 15.6. The molecule has 0 aromatic rings. The van der Waals surface area contributed by atoms with E-state index >= 15 is 0 Å². The van der Waals surface area contributed by atoms with Crippen LogP contribution in [0, 0.1) is 0 Å². The van der Waals surface area contributed by atoms with Crippen LogP contribution in [0.3, 0.4) is 0 Å². The van der Waals surface area contributed by atoms with E-state index in [1.165, 1.54) is 12.2 Å². The monoisotopic (exact) mass is 631 g/mol. The van der Waals surface area contributed by atoms with Gasteiger partial charge in [-0.15, -0.1) is 13.2 Å². The number of ether oxygens (including phenoxy) is 3. The van der Waals surface area contributed by atoms with E-state index in [4.69, 9.17) is 42.2 Å². The molecule has 232 valence electrons. The largest absolute Gasteiger partial charge is 0.411 e. The van der Waals surface area contributed by atoms with Crippen LogP contribution in [0.5, 0.6) is 0 Å². The fourth-order valence-corrected chi connectivity index (χ4v) is 8.60. The van der Waals surface area contributed by atoms with E-state index in [0.29, 0.717) is 6.42 Å². The number of rotatable bonds is 16. The predicted octanol–water partition coefficient (Wildman–Crippen LogP) is 6.33. The highest BCUT2D eigenvalue weighted by Crippen LogP contribution is 2.54. The molecule has 11 atom stereocenters. The first-order chi connectivity index (χ1) is 20.4. The second kappa shape index (κ2) is 14.5. The van der Waals surface area contributed by atoms with Crippen molar-refractivity contribution in [2.24, 2.45) is 0 Å². The first kappa shape index (κ1) is 28.6. The van der Waals surface area contributed by atoms with Gasteiger partial charge in [-0.1, -0.05) is 32.9 Å². The van der Waals surface area contributed by atoms with Crippen LogP contribution < -0.4 is 0 Å². The summed E-state index contributed by atoms with van der Waals surface area (Å²) in [5.74, 6) is 0. The highest BCUT2D eigenvalue weighted by atomic mass is 31.2. The van der Waals surface area contributed by atoms with Gasteiger partial charge < -0.3 is 36.7 Å². The summed E-state index contributed by atoms with van der Waals surface area (Å²) in [4.78, 5) is 0. The van der Waals surface area contributed by atoms with Crippen LogP contribution in [0.15, 0.2) is 25.3 Å². The second-order valence-corrected chi connectivity index (χ2v) is 20.6. The van der Waals surface area contributed by atoms with E-state index in [9.17, 15) is 9.13 Å². The molecule has 0 aromatic carbocycles. The SMILES string of the molecule is [2H]C[C@H]1O[C@@H]([3H])C[C@H]1O[P@@](=O)(CC=C)OC[C@H]1O[C@@H]([3H])C[C@H]1O[P@@](=O)(CC=C)OC[C@H]1O[C@@H]([3H])C[C@H]1O[Si](C)(C)C(C)(C)C. The highest BCUT2D eigenvalue weighted by Gasteiger charge is 2.44. The lowest BCUT2D eigenvalue weighted by Crippen LogP contribution is -2.46. The molecule has 3 saturated heterocycles. The molecule has 0 amide bonds. The summed E-state index contributed by atoms with van der Waals surface area (Å²) < 4.78 is 106. The third kappa shape index (κ3) is 9.42. The Morgan fingerprint density at radius 3 is 1.90 bits per heavy atom. The molecule has 0 aliphatic carbocycles. The zero-order valence-electron chi connectivity index (χ0n) is 28.4. The average molecular weight is 632 g/mol. The molecule has 3 fully saturated rings. The molecule has 0 bridgehead atoms. The Hall–Kier alpha value is -0.163. The van der Waals surface area contributed by atoms with Gasteiger partial charge in [-0.2, -0.15) is 0 Å². The van der Waals surface area contributed by atoms with Gasteiger partial charge in [-0.3, -0.25) is 9.13 Å². The summed E-state index contributed by atoms with van der Waals surface area (Å²) in [5, 5.41) is -0.0505. The summed E-state index contributed by atoms with van der Waals surface area (Å²) in [6, 6.07) is 0. The van der Waals surface area contributed by atoms with Gasteiger partial charge in [0.1, 0.15) is 12.2 Å². The highest BCUT2D eigenvalue weighted by molar-refractivity contribution is 7.54. The minimum Gasteiger partial charge on any atom is -0.411 e. The van der Waals surface area contributed by atoms with Gasteiger partial charge in [-0.05, 0) is 31.5 Å². The van der Waals surface area contributed by atoms with Crippen molar-refractivity contribution in [2.75, 3.05) is 45.3 Å². The van der Waals surface area contributed by atoms with Gasteiger partial charge in [-0.25, -0.2) is 0 Å². The summed E-state index contributed by atoms with van der Waals surface area (Å²) in [6.07, 6.45) is -1.14. The topological polar surface area (TPSA) is 108 Å². The van der Waals surface area contributed by atoms with Crippen LogP contribution in [0.25, 0.3) is 0 Å². The van der Waals surface area contributed by atoms with E-state index in [2.05, 4.69) is 47.0 Å². The summed E-state index contributed by atoms with van der Waals surface area (Å²) in [7, 11) is -9.81. The minimum absolute atomic E-state index is 0.0505. The van der Waals surface area contributed by atoms with Crippen molar-refractivity contribution in [3.05, 3.63) is 25.3 Å². The van der Waals surface area contributed by atoms with E-state index in [0.717, 1.165) is 0 Å². The maximum Gasteiger partial charge on any atom is 0.334 e. The third-order valence-electron chi connectivity index (χ3n) is 7.46. The molecule has 0 unspecified atom stereocenters. The first-order valence-corrected chi connectivity index (χ1v) is 20.1. The molecule has 0 aromatic heterocycles. The van der Waals surface area contributed by atoms with Crippen molar-refractivity contribution in [1.29, 1.82) is 0 Å². The number of hydrogen-bond acceptors (Lipinski definition) is 10. The van der Waals surface area contributed by atoms with Gasteiger partial charge in [0.25, 0.3) is 0 Å². The molecule has 0 N–H and O–H groups in total. The van der Waals surface area contributed by atoms with Crippen molar-refractivity contribution in [1.82, 2.24) is 0 Å². The zero-order valence-corrected chi connectivity index (χ0v) is 27.2. The van der Waals surface area contributed by atoms with Gasteiger partial charge in [0, 0.05) is 34.0 Å². The Morgan fingerprint density at radius 2 is 1.38 bits per heavy atom.